The molecule has 0 aromatic carbocycles. The maximum atomic E-state index is 12.1. The van der Waals surface area contributed by atoms with E-state index in [1.54, 1.807) is 0 Å². The van der Waals surface area contributed by atoms with Gasteiger partial charge in [0.05, 0.1) is 0 Å². The molecule has 17 heavy (non-hydrogen) atoms. The lowest BCUT2D eigenvalue weighted by Crippen LogP contribution is -2.24. The predicted octanol–water partition coefficient (Wildman–Crippen LogP) is 4.69. The summed E-state index contributed by atoms with van der Waals surface area (Å²) in [7, 11) is 0. The number of allylic oxidation sites excluding steroid dienone is 2. The van der Waals surface area contributed by atoms with Crippen LogP contribution in [0.1, 0.15) is 33.1 Å². The second-order valence-corrected chi connectivity index (χ2v) is 7.94. The van der Waals surface area contributed by atoms with Crippen LogP contribution in [0.5, 0.6) is 0 Å². The van der Waals surface area contributed by atoms with Crippen molar-refractivity contribution in [3.05, 3.63) is 22.3 Å². The summed E-state index contributed by atoms with van der Waals surface area (Å²) in [5.74, 6) is 0.869. The molecule has 1 nitrogen and oxygen atoms in total. The summed E-state index contributed by atoms with van der Waals surface area (Å²) in [6.07, 6.45) is 4.79. The van der Waals surface area contributed by atoms with Gasteiger partial charge < -0.3 is 0 Å². The first-order valence-corrected chi connectivity index (χ1v) is 8.47. The van der Waals surface area contributed by atoms with Gasteiger partial charge in [0.2, 0.25) is 0 Å². The highest BCUT2D eigenvalue weighted by molar-refractivity contribution is 14.1. The van der Waals surface area contributed by atoms with Crippen molar-refractivity contribution in [3.63, 3.8) is 0 Å². The Kier molecular flexibility index (Phi) is 3.81. The fourth-order valence-electron chi connectivity index (χ4n) is 3.81. The van der Waals surface area contributed by atoms with Gasteiger partial charge in [0.1, 0.15) is 0 Å². The highest BCUT2D eigenvalue weighted by Gasteiger charge is 2.61. The van der Waals surface area contributed by atoms with E-state index < -0.39 is 0 Å². The van der Waals surface area contributed by atoms with Gasteiger partial charge in [0, 0.05) is 21.3 Å². The van der Waals surface area contributed by atoms with Crippen molar-refractivity contribution in [2.24, 2.45) is 16.7 Å². The van der Waals surface area contributed by atoms with Gasteiger partial charge in [-0.1, -0.05) is 65.1 Å². The van der Waals surface area contributed by atoms with Crippen LogP contribution in [-0.2, 0) is 4.79 Å². The molecule has 3 heteroatoms. The van der Waals surface area contributed by atoms with E-state index in [2.05, 4.69) is 65.6 Å². The fourth-order valence-corrected chi connectivity index (χ4v) is 5.94. The van der Waals surface area contributed by atoms with Gasteiger partial charge in [-0.3, -0.25) is 4.79 Å². The molecule has 0 unspecified atom stereocenters. The average molecular weight is 456 g/mol. The first kappa shape index (κ1) is 14.0. The molecule has 0 N–H and O–H groups in total. The third kappa shape index (κ3) is 1.95. The number of fused-ring (bicyclic) bond motifs is 1. The highest BCUT2D eigenvalue weighted by atomic mass is 127. The Morgan fingerprint density at radius 3 is 2.71 bits per heavy atom. The number of alkyl halides is 1. The van der Waals surface area contributed by atoms with Crippen LogP contribution in [0.15, 0.2) is 22.3 Å². The normalized spacial score (nSPS) is 41.9. The van der Waals surface area contributed by atoms with Gasteiger partial charge in [0.25, 0.3) is 0 Å². The molecule has 2 aliphatic rings. The Balaban J connectivity index is 2.51. The van der Waals surface area contributed by atoms with Gasteiger partial charge >= 0.3 is 0 Å². The zero-order chi connectivity index (χ0) is 12.8. The van der Waals surface area contributed by atoms with E-state index in [9.17, 15) is 4.79 Å². The van der Waals surface area contributed by atoms with E-state index in [1.807, 2.05) is 10.2 Å². The average Bonchev–Trinajstić information content (AvgIpc) is 2.58. The van der Waals surface area contributed by atoms with Crippen molar-refractivity contribution in [1.29, 1.82) is 0 Å². The molecule has 0 amide bonds. The Morgan fingerprint density at radius 1 is 1.53 bits per heavy atom. The van der Waals surface area contributed by atoms with Crippen LogP contribution in [-0.4, -0.2) is 9.71 Å². The van der Waals surface area contributed by atoms with E-state index in [0.717, 1.165) is 24.8 Å². The molecule has 0 radical (unpaired) electrons. The summed E-state index contributed by atoms with van der Waals surface area (Å²) in [6.45, 7) is 8.57. The Hall–Kier alpha value is 0.610. The van der Waals surface area contributed by atoms with E-state index in [4.69, 9.17) is 0 Å². The van der Waals surface area contributed by atoms with Crippen LogP contribution in [0.4, 0.5) is 0 Å². The van der Waals surface area contributed by atoms with Crippen molar-refractivity contribution in [2.45, 2.75) is 37.0 Å². The van der Waals surface area contributed by atoms with E-state index >= 15 is 0 Å². The number of halogens is 2. The molecular formula is C14H18I2O. The lowest BCUT2D eigenvalue weighted by Gasteiger charge is -2.30. The summed E-state index contributed by atoms with van der Waals surface area (Å²) in [5.41, 5.74) is 1.46. The van der Waals surface area contributed by atoms with Crippen LogP contribution in [0, 0.1) is 16.7 Å². The maximum absolute atomic E-state index is 12.1. The molecule has 0 aromatic heterocycles. The zero-order valence-corrected chi connectivity index (χ0v) is 14.6. The van der Waals surface area contributed by atoms with Crippen LogP contribution < -0.4 is 0 Å². The van der Waals surface area contributed by atoms with Gasteiger partial charge in [-0.05, 0) is 28.3 Å². The smallest absolute Gasteiger partial charge is 0.160 e. The molecule has 2 fully saturated rings. The van der Waals surface area contributed by atoms with E-state index in [1.165, 1.54) is 0 Å². The SMILES string of the molecule is C=CC[C@]12CC(C)(C)[C@H](I)[C@H]1CC(=O)/C2=C/I. The molecule has 2 aliphatic carbocycles. The van der Waals surface area contributed by atoms with Crippen molar-refractivity contribution in [1.82, 2.24) is 0 Å². The molecule has 0 saturated heterocycles. The summed E-state index contributed by atoms with van der Waals surface area (Å²) < 4.78 is 2.60. The molecule has 0 bridgehead atoms. The third-order valence-electron chi connectivity index (χ3n) is 4.44. The number of hydrogen-bond donors (Lipinski definition) is 0. The summed E-state index contributed by atoms with van der Waals surface area (Å²) in [4.78, 5) is 12.1. The molecule has 0 spiro atoms. The largest absolute Gasteiger partial charge is 0.295 e. The minimum Gasteiger partial charge on any atom is -0.295 e. The van der Waals surface area contributed by atoms with Crippen molar-refractivity contribution >= 4 is 51.0 Å². The molecule has 2 rings (SSSR count). The van der Waals surface area contributed by atoms with Crippen molar-refractivity contribution in [2.75, 3.05) is 0 Å². The molecule has 0 aliphatic heterocycles. The summed E-state index contributed by atoms with van der Waals surface area (Å²) in [6, 6.07) is 0. The first-order valence-electron chi connectivity index (χ1n) is 5.98. The van der Waals surface area contributed by atoms with Gasteiger partial charge in [-0.2, -0.15) is 0 Å². The quantitative estimate of drug-likeness (QED) is 0.255. The zero-order valence-electron chi connectivity index (χ0n) is 10.3. The number of carbonyl (C=O) groups is 1. The van der Waals surface area contributed by atoms with Gasteiger partial charge in [0.15, 0.2) is 5.78 Å². The molecular weight excluding hydrogens is 438 g/mol. The molecule has 94 valence electrons. The van der Waals surface area contributed by atoms with Crippen LogP contribution in [0.2, 0.25) is 0 Å². The summed E-state index contributed by atoms with van der Waals surface area (Å²) in [5, 5.41) is 0. The van der Waals surface area contributed by atoms with E-state index in [0.29, 0.717) is 21.0 Å². The lowest BCUT2D eigenvalue weighted by atomic mass is 9.73. The Labute approximate surface area is 131 Å². The minimum atomic E-state index is 0.0788. The first-order chi connectivity index (χ1) is 7.89. The number of rotatable bonds is 2. The monoisotopic (exact) mass is 456 g/mol. The number of ketones is 1. The number of Topliss-reactive ketones (excluding diaryl/α,β-unsaturated/α-hetero) is 1. The van der Waals surface area contributed by atoms with Crippen molar-refractivity contribution in [3.8, 4) is 0 Å². The van der Waals surface area contributed by atoms with Crippen molar-refractivity contribution < 1.29 is 4.79 Å². The molecule has 0 heterocycles. The third-order valence-corrected chi connectivity index (χ3v) is 7.62. The molecule has 3 atom stereocenters. The Bertz CT molecular complexity index is 397. The van der Waals surface area contributed by atoms with Crippen LogP contribution >= 0.6 is 45.2 Å². The molecule has 0 aromatic rings. The molecule has 2 saturated carbocycles. The number of hydrogen-bond acceptors (Lipinski definition) is 1. The van der Waals surface area contributed by atoms with Gasteiger partial charge in [-0.25, -0.2) is 0 Å². The minimum absolute atomic E-state index is 0.0788. The Morgan fingerprint density at radius 2 is 2.18 bits per heavy atom. The highest BCUT2D eigenvalue weighted by Crippen LogP contribution is 2.65. The van der Waals surface area contributed by atoms with E-state index in [-0.39, 0.29) is 5.41 Å². The predicted molar refractivity (Wildman–Crippen MR) is 88.7 cm³/mol. The van der Waals surface area contributed by atoms with Crippen LogP contribution in [0.25, 0.3) is 0 Å². The second-order valence-electron chi connectivity index (χ2n) is 5.97. The lowest BCUT2D eigenvalue weighted by molar-refractivity contribution is -0.115. The summed E-state index contributed by atoms with van der Waals surface area (Å²) >= 11 is 4.79. The topological polar surface area (TPSA) is 17.1 Å². The maximum Gasteiger partial charge on any atom is 0.160 e. The van der Waals surface area contributed by atoms with Gasteiger partial charge in [-0.15, -0.1) is 6.58 Å². The standard InChI is InChI=1S/C14H18I2O/c1-4-5-14-8-13(2,3)12(16)9(14)6-11(17)10(14)7-15/h4,7,9,12H,1,5-6,8H2,2-3H3/b10-7-/t9-,12-,14+/m1/s1. The fraction of sp³-hybridized carbons (Fsp3) is 0.643. The van der Waals surface area contributed by atoms with Crippen LogP contribution in [0.3, 0.4) is 0 Å². The second kappa shape index (κ2) is 4.62. The number of carbonyl (C=O) groups excluding carboxylic acids is 1.